The predicted octanol–water partition coefficient (Wildman–Crippen LogP) is 7.00. The number of thiophene rings is 1. The summed E-state index contributed by atoms with van der Waals surface area (Å²) in [6.45, 7) is 6.31. The van der Waals surface area contributed by atoms with Crippen molar-refractivity contribution in [2.75, 3.05) is 0 Å². The summed E-state index contributed by atoms with van der Waals surface area (Å²) in [5.74, 6) is 1.40. The second kappa shape index (κ2) is 8.60. The predicted molar refractivity (Wildman–Crippen MR) is 137 cm³/mol. The molecule has 0 saturated heterocycles. The minimum absolute atomic E-state index is 0.232. The third kappa shape index (κ3) is 3.85. The molecule has 6 rings (SSSR count). The molecule has 0 amide bonds. The van der Waals surface area contributed by atoms with Crippen LogP contribution in [0.1, 0.15) is 34.4 Å². The van der Waals surface area contributed by atoms with E-state index in [-0.39, 0.29) is 5.69 Å². The molecule has 0 unspecified atom stereocenters. The summed E-state index contributed by atoms with van der Waals surface area (Å²) in [7, 11) is 0. The molecular weight excluding hydrogens is 480 g/mol. The van der Waals surface area contributed by atoms with Gasteiger partial charge in [-0.25, -0.2) is 28.2 Å². The molecule has 0 fully saturated rings. The van der Waals surface area contributed by atoms with Gasteiger partial charge >= 0.3 is 0 Å². The van der Waals surface area contributed by atoms with E-state index in [9.17, 15) is 8.78 Å². The summed E-state index contributed by atoms with van der Waals surface area (Å²) in [4.78, 5) is 14.0. The van der Waals surface area contributed by atoms with Gasteiger partial charge in [-0.1, -0.05) is 35.9 Å². The van der Waals surface area contributed by atoms with E-state index in [0.717, 1.165) is 38.1 Å². The van der Waals surface area contributed by atoms with Gasteiger partial charge in [-0.3, -0.25) is 0 Å². The molecule has 36 heavy (non-hydrogen) atoms. The fourth-order valence-corrected chi connectivity index (χ4v) is 5.58. The van der Waals surface area contributed by atoms with Crippen molar-refractivity contribution in [2.24, 2.45) is 0 Å². The van der Waals surface area contributed by atoms with Crippen LogP contribution in [-0.2, 0) is 6.61 Å². The zero-order chi connectivity index (χ0) is 25.0. The third-order valence-corrected chi connectivity index (χ3v) is 7.19. The highest BCUT2D eigenvalue weighted by molar-refractivity contribution is 7.26. The van der Waals surface area contributed by atoms with Crippen LogP contribution in [0, 0.1) is 20.8 Å². The number of benzene rings is 2. The number of alkyl halides is 2. The molecule has 0 N–H and O–H groups in total. The molecule has 6 nitrogen and oxygen atoms in total. The van der Waals surface area contributed by atoms with Crippen LogP contribution in [-0.4, -0.2) is 24.6 Å². The van der Waals surface area contributed by atoms with Gasteiger partial charge < -0.3 is 4.74 Å². The number of ether oxygens (including phenoxy) is 1. The zero-order valence-corrected chi connectivity index (χ0v) is 20.6. The first-order valence-electron chi connectivity index (χ1n) is 11.4. The van der Waals surface area contributed by atoms with Gasteiger partial charge in [-0.15, -0.1) is 16.4 Å². The van der Waals surface area contributed by atoms with Gasteiger partial charge in [0.15, 0.2) is 11.5 Å². The van der Waals surface area contributed by atoms with Crippen LogP contribution in [0.4, 0.5) is 8.78 Å². The Morgan fingerprint density at radius 3 is 2.67 bits per heavy atom. The number of aromatic nitrogens is 5. The summed E-state index contributed by atoms with van der Waals surface area (Å²) < 4.78 is 35.0. The molecule has 0 aliphatic rings. The lowest BCUT2D eigenvalue weighted by molar-refractivity contribution is 0.146. The average Bonchev–Trinajstić information content (AvgIpc) is 3.45. The minimum Gasteiger partial charge on any atom is -0.489 e. The molecule has 6 aromatic rings. The Morgan fingerprint density at radius 2 is 1.86 bits per heavy atom. The van der Waals surface area contributed by atoms with E-state index in [1.165, 1.54) is 23.0 Å². The van der Waals surface area contributed by atoms with E-state index < -0.39 is 6.43 Å². The fourth-order valence-electron chi connectivity index (χ4n) is 4.39. The van der Waals surface area contributed by atoms with Crippen molar-refractivity contribution in [3.05, 3.63) is 82.8 Å². The summed E-state index contributed by atoms with van der Waals surface area (Å²) in [6, 6.07) is 15.5. The molecule has 180 valence electrons. The fraction of sp³-hybridized carbons (Fsp3) is 0.185. The highest BCUT2D eigenvalue weighted by Gasteiger charge is 2.19. The largest absolute Gasteiger partial charge is 0.489 e. The summed E-state index contributed by atoms with van der Waals surface area (Å²) >= 11 is 1.31. The van der Waals surface area contributed by atoms with Crippen molar-refractivity contribution < 1.29 is 13.5 Å². The van der Waals surface area contributed by atoms with Crippen LogP contribution in [0.15, 0.2) is 54.9 Å². The summed E-state index contributed by atoms with van der Waals surface area (Å²) in [6.07, 6.45) is -1.02. The Hall–Kier alpha value is -3.98. The van der Waals surface area contributed by atoms with Crippen LogP contribution < -0.4 is 4.74 Å². The Kier molecular flexibility index (Phi) is 5.37. The third-order valence-electron chi connectivity index (χ3n) is 6.12. The first kappa shape index (κ1) is 22.5. The highest BCUT2D eigenvalue weighted by Crippen LogP contribution is 2.37. The van der Waals surface area contributed by atoms with Gasteiger partial charge in [0.2, 0.25) is 0 Å². The van der Waals surface area contributed by atoms with Gasteiger partial charge in [-0.05, 0) is 55.7 Å². The maximum Gasteiger partial charge on any atom is 0.280 e. The van der Waals surface area contributed by atoms with E-state index in [2.05, 4.69) is 28.1 Å². The van der Waals surface area contributed by atoms with Gasteiger partial charge in [0.1, 0.15) is 33.9 Å². The Morgan fingerprint density at radius 1 is 1.00 bits per heavy atom. The molecule has 0 aliphatic carbocycles. The smallest absolute Gasteiger partial charge is 0.280 e. The first-order valence-corrected chi connectivity index (χ1v) is 12.2. The number of fused-ring (bicyclic) bond motifs is 5. The SMILES string of the molecule is Cc1ccc(OCc2cccc(-c3nc4c5sc6nc(C(F)F)cc(C)c6c5ncn4n3)c2)c(C)c1. The monoisotopic (exact) mass is 501 g/mol. The van der Waals surface area contributed by atoms with Gasteiger partial charge in [0.25, 0.3) is 6.43 Å². The Bertz CT molecular complexity index is 1780. The van der Waals surface area contributed by atoms with Crippen molar-refractivity contribution in [2.45, 2.75) is 33.8 Å². The van der Waals surface area contributed by atoms with Crippen LogP contribution in [0.25, 0.3) is 37.5 Å². The molecule has 0 spiro atoms. The molecule has 0 aliphatic heterocycles. The Balaban J connectivity index is 1.37. The van der Waals surface area contributed by atoms with E-state index in [1.807, 2.05) is 43.3 Å². The normalized spacial score (nSPS) is 11.8. The van der Waals surface area contributed by atoms with Crippen LogP contribution in [0.5, 0.6) is 5.75 Å². The number of aryl methyl sites for hydroxylation is 3. The molecule has 0 saturated carbocycles. The van der Waals surface area contributed by atoms with Crippen LogP contribution >= 0.6 is 11.3 Å². The van der Waals surface area contributed by atoms with Crippen molar-refractivity contribution in [3.8, 4) is 17.1 Å². The summed E-state index contributed by atoms with van der Waals surface area (Å²) in [5.41, 5.74) is 5.94. The lowest BCUT2D eigenvalue weighted by atomic mass is 10.1. The zero-order valence-electron chi connectivity index (χ0n) is 19.8. The van der Waals surface area contributed by atoms with Gasteiger partial charge in [0.05, 0.1) is 5.52 Å². The van der Waals surface area contributed by atoms with E-state index >= 15 is 0 Å². The van der Waals surface area contributed by atoms with Crippen molar-refractivity contribution in [1.29, 1.82) is 0 Å². The van der Waals surface area contributed by atoms with Crippen LogP contribution in [0.3, 0.4) is 0 Å². The number of nitrogens with zero attached hydrogens (tertiary/aromatic N) is 5. The second-order valence-corrected chi connectivity index (χ2v) is 9.83. The average molecular weight is 502 g/mol. The minimum atomic E-state index is -2.63. The quantitative estimate of drug-likeness (QED) is 0.255. The number of rotatable bonds is 5. The standard InChI is InChI=1S/C27H21F2N5OS/c1-14-7-8-20(15(2)9-14)35-12-17-5-4-6-18(11-17)25-32-26-23-22(30-13-34(26)33-25)21-16(3)10-19(24(28)29)31-27(21)36-23/h4-11,13,24H,12H2,1-3H3. The van der Waals surface area contributed by atoms with E-state index in [0.29, 0.717) is 28.4 Å². The Labute approximate surface area is 209 Å². The maximum absolute atomic E-state index is 13.3. The van der Waals surface area contributed by atoms with Crippen LogP contribution in [0.2, 0.25) is 0 Å². The van der Waals surface area contributed by atoms with Gasteiger partial charge in [0, 0.05) is 10.9 Å². The number of pyridine rings is 1. The van der Waals surface area contributed by atoms with Gasteiger partial charge in [-0.2, -0.15) is 0 Å². The number of hydrogen-bond donors (Lipinski definition) is 0. The number of hydrogen-bond acceptors (Lipinski definition) is 6. The molecule has 2 aromatic carbocycles. The van der Waals surface area contributed by atoms with Crippen molar-refractivity contribution >= 4 is 37.4 Å². The van der Waals surface area contributed by atoms with Crippen molar-refractivity contribution in [3.63, 3.8) is 0 Å². The first-order chi connectivity index (χ1) is 17.4. The molecule has 9 heteroatoms. The highest BCUT2D eigenvalue weighted by atomic mass is 32.1. The summed E-state index contributed by atoms with van der Waals surface area (Å²) in [5, 5.41) is 5.40. The maximum atomic E-state index is 13.3. The molecular formula is C27H21F2N5OS. The second-order valence-electron chi connectivity index (χ2n) is 8.83. The topological polar surface area (TPSA) is 65.2 Å². The molecule has 0 radical (unpaired) electrons. The molecule has 4 heterocycles. The number of halogens is 2. The van der Waals surface area contributed by atoms with E-state index in [1.54, 1.807) is 17.8 Å². The molecule has 4 aromatic heterocycles. The molecule has 0 atom stereocenters. The van der Waals surface area contributed by atoms with E-state index in [4.69, 9.17) is 9.72 Å². The van der Waals surface area contributed by atoms with Crippen molar-refractivity contribution in [1.82, 2.24) is 24.6 Å². The lowest BCUT2D eigenvalue weighted by Crippen LogP contribution is -1.97. The lowest BCUT2D eigenvalue weighted by Gasteiger charge is -2.10. The molecule has 0 bridgehead atoms.